The minimum Gasteiger partial charge on any atom is -0.288 e. The van der Waals surface area contributed by atoms with E-state index in [-0.39, 0.29) is 11.5 Å². The van der Waals surface area contributed by atoms with Gasteiger partial charge in [0.15, 0.2) is 5.12 Å². The molecular weight excluding hydrogens is 182 g/mol. The van der Waals surface area contributed by atoms with Gasteiger partial charge in [-0.2, -0.15) is 0 Å². The second kappa shape index (κ2) is 7.53. The molecule has 0 spiro atoms. The topological polar surface area (TPSA) is 17.1 Å². The van der Waals surface area contributed by atoms with E-state index in [9.17, 15) is 13.6 Å². The summed E-state index contributed by atoms with van der Waals surface area (Å²) in [5, 5.41) is 0.0518. The first-order valence-electron chi connectivity index (χ1n) is 4.00. The molecule has 0 aromatic carbocycles. The van der Waals surface area contributed by atoms with E-state index in [0.717, 1.165) is 0 Å². The number of thioether (sulfide) groups is 1. The smallest absolute Gasteiger partial charge is 0.185 e. The first-order chi connectivity index (χ1) is 5.66. The maximum Gasteiger partial charge on any atom is 0.185 e. The maximum atomic E-state index is 12.6. The fourth-order valence-electron chi connectivity index (χ4n) is 0.783. The monoisotopic (exact) mass is 196 g/mol. The van der Waals surface area contributed by atoms with Crippen LogP contribution in [0.25, 0.3) is 0 Å². The van der Waals surface area contributed by atoms with Crippen LogP contribution in [0.1, 0.15) is 26.2 Å². The van der Waals surface area contributed by atoms with Crippen molar-refractivity contribution in [3.05, 3.63) is 0 Å². The number of hydrogen-bond acceptors (Lipinski definition) is 2. The van der Waals surface area contributed by atoms with Gasteiger partial charge in [0.1, 0.15) is 6.17 Å². The number of alkyl halides is 2. The van der Waals surface area contributed by atoms with Gasteiger partial charge in [-0.1, -0.05) is 11.8 Å². The summed E-state index contributed by atoms with van der Waals surface area (Å²) in [7, 11) is 0. The molecule has 72 valence electrons. The lowest BCUT2D eigenvalue weighted by molar-refractivity contribution is -0.109. The molecule has 0 N–H and O–H groups in total. The van der Waals surface area contributed by atoms with Gasteiger partial charge in [-0.05, 0) is 12.8 Å². The lowest BCUT2D eigenvalue weighted by atomic mass is 10.2. The van der Waals surface area contributed by atoms with E-state index < -0.39 is 12.8 Å². The zero-order chi connectivity index (χ0) is 9.40. The van der Waals surface area contributed by atoms with Gasteiger partial charge < -0.3 is 0 Å². The summed E-state index contributed by atoms with van der Waals surface area (Å²) >= 11 is 1.19. The average molecular weight is 196 g/mol. The van der Waals surface area contributed by atoms with E-state index in [1.807, 2.05) is 0 Å². The van der Waals surface area contributed by atoms with Gasteiger partial charge in [-0.3, -0.25) is 9.18 Å². The molecule has 0 aromatic heterocycles. The molecule has 0 fully saturated rings. The molecule has 0 aliphatic carbocycles. The Labute approximate surface area is 75.9 Å². The highest BCUT2D eigenvalue weighted by molar-refractivity contribution is 8.13. The molecule has 0 saturated heterocycles. The van der Waals surface area contributed by atoms with E-state index in [1.165, 1.54) is 18.7 Å². The molecule has 1 atom stereocenters. The van der Waals surface area contributed by atoms with Gasteiger partial charge in [0.25, 0.3) is 0 Å². The summed E-state index contributed by atoms with van der Waals surface area (Å²) in [5.41, 5.74) is 0. The molecule has 1 unspecified atom stereocenters. The molecule has 1 nitrogen and oxygen atoms in total. The van der Waals surface area contributed by atoms with Crippen molar-refractivity contribution in [3.8, 4) is 0 Å². The summed E-state index contributed by atoms with van der Waals surface area (Å²) in [6.45, 7) is 0.889. The molecule has 0 heterocycles. The molecule has 0 radical (unpaired) electrons. The van der Waals surface area contributed by atoms with Crippen LogP contribution >= 0.6 is 11.8 Å². The molecule has 0 bridgehead atoms. The van der Waals surface area contributed by atoms with Crippen molar-refractivity contribution in [2.24, 2.45) is 0 Å². The van der Waals surface area contributed by atoms with E-state index in [2.05, 4.69) is 0 Å². The Morgan fingerprint density at radius 2 is 2.17 bits per heavy atom. The van der Waals surface area contributed by atoms with Gasteiger partial charge in [-0.15, -0.1) is 0 Å². The Kier molecular flexibility index (Phi) is 7.45. The van der Waals surface area contributed by atoms with Crippen LogP contribution < -0.4 is 0 Å². The Balaban J connectivity index is 3.13. The fraction of sp³-hybridized carbons (Fsp3) is 0.875. The van der Waals surface area contributed by atoms with Crippen molar-refractivity contribution in [1.82, 2.24) is 0 Å². The zero-order valence-electron chi connectivity index (χ0n) is 7.19. The second-order valence-electron chi connectivity index (χ2n) is 2.56. The first kappa shape index (κ1) is 11.9. The number of rotatable bonds is 6. The van der Waals surface area contributed by atoms with Crippen LogP contribution in [0, 0.1) is 0 Å². The molecule has 12 heavy (non-hydrogen) atoms. The summed E-state index contributed by atoms with van der Waals surface area (Å²) in [5.74, 6) is 0.641. The summed E-state index contributed by atoms with van der Waals surface area (Å²) in [6, 6.07) is 0. The normalized spacial score (nSPS) is 12.9. The van der Waals surface area contributed by atoms with Gasteiger partial charge >= 0.3 is 0 Å². The van der Waals surface area contributed by atoms with E-state index in [1.54, 1.807) is 0 Å². The Morgan fingerprint density at radius 1 is 1.50 bits per heavy atom. The van der Waals surface area contributed by atoms with E-state index >= 15 is 0 Å². The fourth-order valence-corrected chi connectivity index (χ4v) is 1.38. The third kappa shape index (κ3) is 7.98. The highest BCUT2D eigenvalue weighted by atomic mass is 32.2. The minimum atomic E-state index is -1.04. The zero-order valence-corrected chi connectivity index (χ0v) is 8.00. The average Bonchev–Trinajstić information content (AvgIpc) is 1.98. The third-order valence-corrected chi connectivity index (χ3v) is 2.29. The van der Waals surface area contributed by atoms with Crippen LogP contribution in [0.5, 0.6) is 0 Å². The van der Waals surface area contributed by atoms with Crippen LogP contribution in [-0.4, -0.2) is 23.7 Å². The molecule has 0 saturated carbocycles. The van der Waals surface area contributed by atoms with E-state index in [4.69, 9.17) is 0 Å². The number of carbonyl (C=O) groups excluding carboxylic acids is 1. The summed E-state index contributed by atoms with van der Waals surface area (Å²) in [6.07, 6.45) is -0.0389. The Bertz CT molecular complexity index is 130. The lowest BCUT2D eigenvalue weighted by Gasteiger charge is -2.03. The van der Waals surface area contributed by atoms with Crippen molar-refractivity contribution < 1.29 is 13.6 Å². The van der Waals surface area contributed by atoms with Gasteiger partial charge in [0.2, 0.25) is 0 Å². The predicted octanol–water partition coefficient (Wildman–Crippen LogP) is 2.74. The molecule has 0 amide bonds. The lowest BCUT2D eigenvalue weighted by Crippen LogP contribution is -2.01. The quantitative estimate of drug-likeness (QED) is 0.608. The van der Waals surface area contributed by atoms with Gasteiger partial charge in [0.05, 0.1) is 6.67 Å². The van der Waals surface area contributed by atoms with Crippen molar-refractivity contribution in [2.45, 2.75) is 32.4 Å². The van der Waals surface area contributed by atoms with Crippen molar-refractivity contribution in [2.75, 3.05) is 12.4 Å². The van der Waals surface area contributed by atoms with Gasteiger partial charge in [-0.25, -0.2) is 4.39 Å². The van der Waals surface area contributed by atoms with Crippen molar-refractivity contribution >= 4 is 16.9 Å². The maximum absolute atomic E-state index is 12.6. The molecular formula is C8H14F2OS. The Morgan fingerprint density at radius 3 is 2.67 bits per heavy atom. The third-order valence-electron chi connectivity index (χ3n) is 1.39. The second-order valence-corrected chi connectivity index (χ2v) is 3.83. The summed E-state index contributed by atoms with van der Waals surface area (Å²) < 4.78 is 24.2. The van der Waals surface area contributed by atoms with E-state index in [0.29, 0.717) is 18.6 Å². The molecule has 0 aliphatic heterocycles. The summed E-state index contributed by atoms with van der Waals surface area (Å²) in [4.78, 5) is 10.4. The molecule has 0 rings (SSSR count). The molecule has 0 aliphatic rings. The standard InChI is InChI=1S/C8H14F2OS/c1-7(11)12-6-2-3-8(10)4-5-9/h8H,2-6H2,1H3. The first-order valence-corrected chi connectivity index (χ1v) is 4.98. The van der Waals surface area contributed by atoms with Crippen molar-refractivity contribution in [3.63, 3.8) is 0 Å². The van der Waals surface area contributed by atoms with Crippen LogP contribution in [0.2, 0.25) is 0 Å². The highest BCUT2D eigenvalue weighted by Crippen LogP contribution is 2.11. The SMILES string of the molecule is CC(=O)SCCCC(F)CCF. The van der Waals surface area contributed by atoms with Crippen LogP contribution in [0.15, 0.2) is 0 Å². The highest BCUT2D eigenvalue weighted by Gasteiger charge is 2.05. The number of carbonyl (C=O) groups is 1. The molecule has 4 heteroatoms. The van der Waals surface area contributed by atoms with Gasteiger partial charge in [0, 0.05) is 19.1 Å². The number of hydrogen-bond donors (Lipinski definition) is 0. The largest absolute Gasteiger partial charge is 0.288 e. The Hall–Kier alpha value is -0.120. The predicted molar refractivity (Wildman–Crippen MR) is 47.9 cm³/mol. The minimum absolute atomic E-state index is 0.00919. The molecule has 0 aromatic rings. The van der Waals surface area contributed by atoms with Crippen LogP contribution in [0.4, 0.5) is 8.78 Å². The van der Waals surface area contributed by atoms with Crippen LogP contribution in [0.3, 0.4) is 0 Å². The van der Waals surface area contributed by atoms with Crippen molar-refractivity contribution in [1.29, 1.82) is 0 Å². The van der Waals surface area contributed by atoms with Crippen LogP contribution in [-0.2, 0) is 4.79 Å². The number of halogens is 2.